The van der Waals surface area contributed by atoms with Gasteiger partial charge in [0.1, 0.15) is 6.61 Å². The van der Waals surface area contributed by atoms with Gasteiger partial charge in [0, 0.05) is 50.7 Å². The van der Waals surface area contributed by atoms with Crippen LogP contribution in [0.5, 0.6) is 0 Å². The summed E-state index contributed by atoms with van der Waals surface area (Å²) in [5, 5.41) is 0.861. The van der Waals surface area contributed by atoms with Crippen LogP contribution in [0.25, 0.3) is 0 Å². The molecule has 1 amide bonds. The van der Waals surface area contributed by atoms with Crippen LogP contribution in [-0.4, -0.2) is 71.3 Å². The Morgan fingerprint density at radius 2 is 1.92 bits per heavy atom. The Labute approximate surface area is 148 Å². The van der Waals surface area contributed by atoms with Crippen LogP contribution in [0.2, 0.25) is 0 Å². The van der Waals surface area contributed by atoms with Crippen LogP contribution in [0.1, 0.15) is 18.7 Å². The van der Waals surface area contributed by atoms with Crippen molar-refractivity contribution in [3.05, 3.63) is 5.82 Å². The van der Waals surface area contributed by atoms with Gasteiger partial charge in [0.15, 0.2) is 5.82 Å². The molecule has 1 saturated carbocycles. The van der Waals surface area contributed by atoms with Crippen molar-refractivity contribution in [2.24, 2.45) is 15.9 Å². The highest BCUT2D eigenvalue weighted by Crippen LogP contribution is 2.34. The van der Waals surface area contributed by atoms with Crippen LogP contribution in [0.4, 0.5) is 9.52 Å². The number of carbonyl (C=O) groups excluding carboxylic acids is 1. The fourth-order valence-corrected chi connectivity index (χ4v) is 3.68. The minimum absolute atomic E-state index is 0.117. The third kappa shape index (κ3) is 3.40. The van der Waals surface area contributed by atoms with Crippen molar-refractivity contribution >= 4 is 34.2 Å². The first-order chi connectivity index (χ1) is 12.2. The molecule has 2 aliphatic heterocycles. The first-order valence-corrected chi connectivity index (χ1v) is 9.09. The quantitative estimate of drug-likeness (QED) is 0.787. The Kier molecular flexibility index (Phi) is 4.46. The summed E-state index contributed by atoms with van der Waals surface area (Å²) in [5.41, 5.74) is 0.366. The summed E-state index contributed by atoms with van der Waals surface area (Å²) in [6.45, 7) is 3.16. The van der Waals surface area contributed by atoms with Crippen molar-refractivity contribution in [1.29, 1.82) is 0 Å². The number of aromatic nitrogens is 2. The van der Waals surface area contributed by atoms with Gasteiger partial charge < -0.3 is 14.5 Å². The van der Waals surface area contributed by atoms with E-state index in [1.165, 1.54) is 11.5 Å². The topological polar surface area (TPSA) is 83.3 Å². The second-order valence-electron chi connectivity index (χ2n) is 6.32. The zero-order valence-electron chi connectivity index (χ0n) is 13.9. The Bertz CT molecular complexity index is 723. The van der Waals surface area contributed by atoms with E-state index in [4.69, 9.17) is 4.74 Å². The number of rotatable bonds is 4. The molecular formula is C15H19FN6O2S. The Morgan fingerprint density at radius 3 is 2.60 bits per heavy atom. The van der Waals surface area contributed by atoms with Gasteiger partial charge in [-0.15, -0.1) is 0 Å². The minimum atomic E-state index is -1.65. The van der Waals surface area contributed by atoms with E-state index in [1.54, 1.807) is 7.11 Å². The number of alkyl halides is 1. The summed E-state index contributed by atoms with van der Waals surface area (Å²) < 4.78 is 23.3. The van der Waals surface area contributed by atoms with Crippen molar-refractivity contribution in [3.8, 4) is 0 Å². The summed E-state index contributed by atoms with van der Waals surface area (Å²) >= 11 is 1.35. The second-order valence-corrected chi connectivity index (χ2v) is 7.05. The first kappa shape index (κ1) is 16.5. The van der Waals surface area contributed by atoms with E-state index in [0.717, 1.165) is 31.1 Å². The van der Waals surface area contributed by atoms with Gasteiger partial charge in [-0.25, -0.2) is 14.4 Å². The highest BCUT2D eigenvalue weighted by molar-refractivity contribution is 7.09. The number of nitrogens with zero attached hydrogens (tertiary/aromatic N) is 6. The average molecular weight is 366 g/mol. The van der Waals surface area contributed by atoms with Crippen molar-refractivity contribution in [2.45, 2.75) is 25.6 Å². The molecule has 1 aromatic rings. The van der Waals surface area contributed by atoms with Gasteiger partial charge >= 0.3 is 0 Å². The minimum Gasteiger partial charge on any atom is -0.377 e. The maximum Gasteiger partial charge on any atom is 0.289 e. The Balaban J connectivity index is 1.41. The summed E-state index contributed by atoms with van der Waals surface area (Å²) in [5.74, 6) is 0.437. The number of aliphatic imine (C=N–C) groups is 2. The highest BCUT2D eigenvalue weighted by atomic mass is 32.1. The fourth-order valence-electron chi connectivity index (χ4n) is 2.96. The molecule has 1 aliphatic carbocycles. The van der Waals surface area contributed by atoms with Crippen LogP contribution in [0.3, 0.4) is 0 Å². The molecule has 0 aromatic carbocycles. The number of anilines is 1. The van der Waals surface area contributed by atoms with E-state index in [9.17, 15) is 9.18 Å². The van der Waals surface area contributed by atoms with E-state index in [2.05, 4.69) is 24.2 Å². The summed E-state index contributed by atoms with van der Waals surface area (Å²) in [4.78, 5) is 28.6. The summed E-state index contributed by atoms with van der Waals surface area (Å²) in [7, 11) is 1.62. The molecule has 8 nitrogen and oxygen atoms in total. The van der Waals surface area contributed by atoms with Crippen LogP contribution < -0.4 is 4.90 Å². The fraction of sp³-hybridized carbons (Fsp3) is 0.667. The molecule has 0 radical (unpaired) electrons. The average Bonchev–Trinajstić information content (AvgIpc) is 3.36. The van der Waals surface area contributed by atoms with E-state index >= 15 is 0 Å². The molecule has 4 rings (SSSR count). The summed E-state index contributed by atoms with van der Waals surface area (Å²) in [6, 6.07) is 0. The lowest BCUT2D eigenvalue weighted by molar-refractivity contribution is -0.120. The molecule has 1 atom stereocenters. The third-order valence-corrected chi connectivity index (χ3v) is 5.29. The molecule has 134 valence electrons. The lowest BCUT2D eigenvalue weighted by atomic mass is 10.1. The standard InChI is InChI=1S/C15H19FN6O2S/c1-24-8-10-17-15(25-20-10)22-6-4-21(5-7-22)14-18-12(9-2-3-9)11(16)13(23)19-14/h9,11H,2-8H2,1H3. The maximum absolute atomic E-state index is 14.0. The van der Waals surface area contributed by atoms with E-state index in [0.29, 0.717) is 37.2 Å². The zero-order valence-corrected chi connectivity index (χ0v) is 14.7. The molecule has 2 fully saturated rings. The highest BCUT2D eigenvalue weighted by Gasteiger charge is 2.40. The first-order valence-electron chi connectivity index (χ1n) is 8.32. The Hall–Kier alpha value is -1.94. The number of methoxy groups -OCH3 is 1. The smallest absolute Gasteiger partial charge is 0.289 e. The molecule has 0 spiro atoms. The van der Waals surface area contributed by atoms with Gasteiger partial charge in [-0.05, 0) is 12.8 Å². The van der Waals surface area contributed by atoms with Crippen LogP contribution in [0, 0.1) is 5.92 Å². The molecule has 1 aromatic heterocycles. The van der Waals surface area contributed by atoms with Gasteiger partial charge in [-0.2, -0.15) is 9.37 Å². The predicted octanol–water partition coefficient (Wildman–Crippen LogP) is 0.892. The number of piperazine rings is 1. The van der Waals surface area contributed by atoms with Crippen molar-refractivity contribution in [1.82, 2.24) is 14.3 Å². The SMILES string of the molecule is COCc1nsc(N2CCN(C3=NC(=O)C(F)C(C4CC4)=N3)CC2)n1. The van der Waals surface area contributed by atoms with Gasteiger partial charge in [0.2, 0.25) is 17.3 Å². The predicted molar refractivity (Wildman–Crippen MR) is 91.9 cm³/mol. The van der Waals surface area contributed by atoms with E-state index in [1.807, 2.05) is 4.90 Å². The molecular weight excluding hydrogens is 347 g/mol. The normalized spacial score (nSPS) is 24.4. The van der Waals surface area contributed by atoms with Gasteiger partial charge in [0.05, 0.1) is 5.71 Å². The largest absolute Gasteiger partial charge is 0.377 e. The molecule has 1 unspecified atom stereocenters. The lowest BCUT2D eigenvalue weighted by Gasteiger charge is -2.35. The molecule has 0 bridgehead atoms. The van der Waals surface area contributed by atoms with Gasteiger partial charge in [-0.1, -0.05) is 0 Å². The van der Waals surface area contributed by atoms with Gasteiger partial charge in [0.25, 0.3) is 5.91 Å². The van der Waals surface area contributed by atoms with Crippen molar-refractivity contribution < 1.29 is 13.9 Å². The van der Waals surface area contributed by atoms with Crippen molar-refractivity contribution in [2.75, 3.05) is 38.2 Å². The van der Waals surface area contributed by atoms with Gasteiger partial charge in [-0.3, -0.25) is 4.79 Å². The van der Waals surface area contributed by atoms with Crippen LogP contribution in [0.15, 0.2) is 9.98 Å². The van der Waals surface area contributed by atoms with E-state index in [-0.39, 0.29) is 5.92 Å². The number of hydrogen-bond donors (Lipinski definition) is 0. The van der Waals surface area contributed by atoms with Crippen LogP contribution >= 0.6 is 11.5 Å². The monoisotopic (exact) mass is 366 g/mol. The molecule has 25 heavy (non-hydrogen) atoms. The number of hydrogen-bond acceptors (Lipinski definition) is 8. The third-order valence-electron chi connectivity index (χ3n) is 4.48. The van der Waals surface area contributed by atoms with Crippen LogP contribution in [-0.2, 0) is 16.1 Å². The maximum atomic E-state index is 14.0. The Morgan fingerprint density at radius 1 is 1.20 bits per heavy atom. The number of amides is 1. The summed E-state index contributed by atoms with van der Waals surface area (Å²) in [6.07, 6.45) is 0.168. The second kappa shape index (κ2) is 6.75. The molecule has 3 heterocycles. The lowest BCUT2D eigenvalue weighted by Crippen LogP contribution is -2.50. The number of halogens is 1. The molecule has 0 N–H and O–H groups in total. The molecule has 3 aliphatic rings. The number of ether oxygens (including phenoxy) is 1. The van der Waals surface area contributed by atoms with E-state index < -0.39 is 12.1 Å². The molecule has 10 heteroatoms. The zero-order chi connectivity index (χ0) is 17.4. The number of carbonyl (C=O) groups is 1. The molecule has 1 saturated heterocycles. The van der Waals surface area contributed by atoms with Crippen molar-refractivity contribution in [3.63, 3.8) is 0 Å². The number of guanidine groups is 1.